The molecule has 0 unspecified atom stereocenters. The minimum atomic E-state index is 0.397. The molecule has 0 radical (unpaired) electrons. The van der Waals surface area contributed by atoms with E-state index in [1.165, 1.54) is 0 Å². The molecule has 1 N–H and O–H groups in total. The van der Waals surface area contributed by atoms with Gasteiger partial charge in [-0.1, -0.05) is 6.07 Å². The molecule has 1 fully saturated rings. The standard InChI is InChI=1S/C16H18N6/c1-12-4-5-16(20-14(12)11-17)22-9-6-13(7-10-22)19-15-3-2-8-18-21-15/h2-5,8,13H,6-7,9-10H2,1H3,(H,19,21). The van der Waals surface area contributed by atoms with Gasteiger partial charge in [0.25, 0.3) is 0 Å². The molecule has 0 atom stereocenters. The first-order valence-corrected chi connectivity index (χ1v) is 7.43. The Labute approximate surface area is 129 Å². The van der Waals surface area contributed by atoms with Gasteiger partial charge in [-0.3, -0.25) is 0 Å². The van der Waals surface area contributed by atoms with Crippen molar-refractivity contribution in [2.45, 2.75) is 25.8 Å². The number of hydrogen-bond acceptors (Lipinski definition) is 6. The van der Waals surface area contributed by atoms with Crippen molar-refractivity contribution in [2.24, 2.45) is 0 Å². The minimum Gasteiger partial charge on any atom is -0.366 e. The van der Waals surface area contributed by atoms with Crippen LogP contribution in [0.4, 0.5) is 11.6 Å². The molecule has 0 spiro atoms. The lowest BCUT2D eigenvalue weighted by molar-refractivity contribution is 0.521. The Hall–Kier alpha value is -2.68. The first-order valence-electron chi connectivity index (χ1n) is 7.43. The van der Waals surface area contributed by atoms with Crippen molar-refractivity contribution in [2.75, 3.05) is 23.3 Å². The summed E-state index contributed by atoms with van der Waals surface area (Å²) < 4.78 is 0. The van der Waals surface area contributed by atoms with Crippen LogP contribution >= 0.6 is 0 Å². The number of nitrogens with zero attached hydrogens (tertiary/aromatic N) is 5. The number of rotatable bonds is 3. The summed E-state index contributed by atoms with van der Waals surface area (Å²) in [5, 5.41) is 20.4. The molecule has 112 valence electrons. The van der Waals surface area contributed by atoms with E-state index in [2.05, 4.69) is 31.5 Å². The molecular weight excluding hydrogens is 276 g/mol. The molecule has 2 aromatic rings. The highest BCUT2D eigenvalue weighted by Gasteiger charge is 2.20. The predicted molar refractivity (Wildman–Crippen MR) is 84.6 cm³/mol. The first kappa shape index (κ1) is 14.3. The molecule has 1 aliphatic heterocycles. The minimum absolute atomic E-state index is 0.397. The Balaban J connectivity index is 1.61. The molecule has 0 amide bonds. The number of anilines is 2. The Morgan fingerprint density at radius 2 is 2.09 bits per heavy atom. The van der Waals surface area contributed by atoms with Crippen molar-refractivity contribution in [3.8, 4) is 6.07 Å². The molecular formula is C16H18N6. The Bertz CT molecular complexity index is 671. The lowest BCUT2D eigenvalue weighted by Gasteiger charge is -2.33. The quantitative estimate of drug-likeness (QED) is 0.934. The highest BCUT2D eigenvalue weighted by molar-refractivity contribution is 5.45. The Morgan fingerprint density at radius 3 is 2.77 bits per heavy atom. The van der Waals surface area contributed by atoms with Crippen LogP contribution in [0.2, 0.25) is 0 Å². The number of aryl methyl sites for hydroxylation is 1. The van der Waals surface area contributed by atoms with Crippen molar-refractivity contribution in [3.63, 3.8) is 0 Å². The van der Waals surface area contributed by atoms with Gasteiger partial charge < -0.3 is 10.2 Å². The second kappa shape index (κ2) is 6.39. The fourth-order valence-electron chi connectivity index (χ4n) is 2.65. The van der Waals surface area contributed by atoms with Gasteiger partial charge >= 0.3 is 0 Å². The average Bonchev–Trinajstić information content (AvgIpc) is 2.57. The van der Waals surface area contributed by atoms with E-state index < -0.39 is 0 Å². The van der Waals surface area contributed by atoms with Gasteiger partial charge in [0, 0.05) is 25.3 Å². The Kier molecular flexibility index (Phi) is 4.15. The van der Waals surface area contributed by atoms with Crippen molar-refractivity contribution >= 4 is 11.6 Å². The zero-order chi connectivity index (χ0) is 15.4. The second-order valence-corrected chi connectivity index (χ2v) is 5.46. The SMILES string of the molecule is Cc1ccc(N2CCC(Nc3cccnn3)CC2)nc1C#N. The van der Waals surface area contributed by atoms with Gasteiger partial charge in [0.1, 0.15) is 23.4 Å². The molecule has 0 bridgehead atoms. The summed E-state index contributed by atoms with van der Waals surface area (Å²) in [4.78, 5) is 6.68. The van der Waals surface area contributed by atoms with E-state index in [0.717, 1.165) is 43.1 Å². The number of piperidine rings is 1. The number of aromatic nitrogens is 3. The van der Waals surface area contributed by atoms with Crippen LogP contribution in [0.25, 0.3) is 0 Å². The fourth-order valence-corrected chi connectivity index (χ4v) is 2.65. The van der Waals surface area contributed by atoms with E-state index in [1.807, 2.05) is 31.2 Å². The normalized spacial score (nSPS) is 15.4. The van der Waals surface area contributed by atoms with E-state index in [0.29, 0.717) is 11.7 Å². The second-order valence-electron chi connectivity index (χ2n) is 5.46. The smallest absolute Gasteiger partial charge is 0.148 e. The highest BCUT2D eigenvalue weighted by Crippen LogP contribution is 2.21. The van der Waals surface area contributed by atoms with Crippen LogP contribution in [0.5, 0.6) is 0 Å². The van der Waals surface area contributed by atoms with Gasteiger partial charge in [0.05, 0.1) is 0 Å². The van der Waals surface area contributed by atoms with Gasteiger partial charge in [-0.05, 0) is 43.5 Å². The maximum atomic E-state index is 9.09. The molecule has 6 nitrogen and oxygen atoms in total. The number of nitrogens with one attached hydrogen (secondary N) is 1. The number of nitriles is 1. The molecule has 0 aliphatic carbocycles. The molecule has 3 rings (SSSR count). The van der Waals surface area contributed by atoms with Crippen LogP contribution in [-0.2, 0) is 0 Å². The maximum Gasteiger partial charge on any atom is 0.148 e. The molecule has 0 aromatic carbocycles. The predicted octanol–water partition coefficient (Wildman–Crippen LogP) is 2.13. The summed E-state index contributed by atoms with van der Waals surface area (Å²) in [5.41, 5.74) is 1.43. The monoisotopic (exact) mass is 294 g/mol. The van der Waals surface area contributed by atoms with E-state index in [1.54, 1.807) is 6.20 Å². The highest BCUT2D eigenvalue weighted by atomic mass is 15.2. The largest absolute Gasteiger partial charge is 0.366 e. The summed E-state index contributed by atoms with van der Waals surface area (Å²) in [6.45, 7) is 3.74. The molecule has 2 aromatic heterocycles. The van der Waals surface area contributed by atoms with Gasteiger partial charge in [0.15, 0.2) is 0 Å². The van der Waals surface area contributed by atoms with Gasteiger partial charge in [-0.2, -0.15) is 10.4 Å². The number of hydrogen-bond donors (Lipinski definition) is 1. The van der Waals surface area contributed by atoms with Gasteiger partial charge in [0.2, 0.25) is 0 Å². The van der Waals surface area contributed by atoms with E-state index in [4.69, 9.17) is 5.26 Å². The molecule has 22 heavy (non-hydrogen) atoms. The zero-order valence-corrected chi connectivity index (χ0v) is 12.5. The molecule has 3 heterocycles. The summed E-state index contributed by atoms with van der Waals surface area (Å²) in [6.07, 6.45) is 3.69. The third kappa shape index (κ3) is 3.14. The van der Waals surface area contributed by atoms with Gasteiger partial charge in [-0.25, -0.2) is 4.98 Å². The van der Waals surface area contributed by atoms with Crippen molar-refractivity contribution in [3.05, 3.63) is 41.7 Å². The van der Waals surface area contributed by atoms with E-state index in [-0.39, 0.29) is 0 Å². The van der Waals surface area contributed by atoms with Crippen LogP contribution in [0.15, 0.2) is 30.5 Å². The molecule has 1 saturated heterocycles. The van der Waals surface area contributed by atoms with Crippen LogP contribution in [0.3, 0.4) is 0 Å². The lowest BCUT2D eigenvalue weighted by atomic mass is 10.0. The summed E-state index contributed by atoms with van der Waals surface area (Å²) in [5.74, 6) is 1.71. The number of pyridine rings is 1. The van der Waals surface area contributed by atoms with E-state index >= 15 is 0 Å². The third-order valence-corrected chi connectivity index (χ3v) is 3.93. The maximum absolute atomic E-state index is 9.09. The topological polar surface area (TPSA) is 77.7 Å². The zero-order valence-electron chi connectivity index (χ0n) is 12.5. The van der Waals surface area contributed by atoms with Gasteiger partial charge in [-0.15, -0.1) is 5.10 Å². The van der Waals surface area contributed by atoms with Crippen molar-refractivity contribution < 1.29 is 0 Å². The molecule has 6 heteroatoms. The average molecular weight is 294 g/mol. The van der Waals surface area contributed by atoms with E-state index in [9.17, 15) is 0 Å². The third-order valence-electron chi connectivity index (χ3n) is 3.93. The van der Waals surface area contributed by atoms with Crippen molar-refractivity contribution in [1.82, 2.24) is 15.2 Å². The van der Waals surface area contributed by atoms with Crippen molar-refractivity contribution in [1.29, 1.82) is 5.26 Å². The van der Waals surface area contributed by atoms with Crippen LogP contribution < -0.4 is 10.2 Å². The first-order chi connectivity index (χ1) is 10.8. The van der Waals surface area contributed by atoms with Crippen LogP contribution in [-0.4, -0.2) is 34.3 Å². The Morgan fingerprint density at radius 1 is 1.27 bits per heavy atom. The fraction of sp³-hybridized carbons (Fsp3) is 0.375. The lowest BCUT2D eigenvalue weighted by Crippen LogP contribution is -2.39. The van der Waals surface area contributed by atoms with Crippen LogP contribution in [0, 0.1) is 18.3 Å². The summed E-state index contributed by atoms with van der Waals surface area (Å²) in [7, 11) is 0. The van der Waals surface area contributed by atoms with Crippen LogP contribution in [0.1, 0.15) is 24.1 Å². The summed E-state index contributed by atoms with van der Waals surface area (Å²) in [6, 6.07) is 10.3. The summed E-state index contributed by atoms with van der Waals surface area (Å²) >= 11 is 0. The molecule has 0 saturated carbocycles. The molecule has 1 aliphatic rings.